The second-order valence-electron chi connectivity index (χ2n) is 5.55. The highest BCUT2D eigenvalue weighted by atomic mass is 79.9. The zero-order valence-corrected chi connectivity index (χ0v) is 17.6. The predicted molar refractivity (Wildman–Crippen MR) is 105 cm³/mol. The smallest absolute Gasteiger partial charge is 0.262 e. The third-order valence-electron chi connectivity index (χ3n) is 3.21. The van der Waals surface area contributed by atoms with Gasteiger partial charge in [0.2, 0.25) is 5.91 Å². The van der Waals surface area contributed by atoms with Crippen LogP contribution >= 0.6 is 43.2 Å². The quantitative estimate of drug-likeness (QED) is 0.458. The van der Waals surface area contributed by atoms with E-state index in [-0.39, 0.29) is 24.2 Å². The lowest BCUT2D eigenvalue weighted by atomic mass is 10.0. The monoisotopic (exact) mass is 489 g/mol. The van der Waals surface area contributed by atoms with E-state index in [9.17, 15) is 9.59 Å². The van der Waals surface area contributed by atoms with Crippen LogP contribution in [-0.4, -0.2) is 24.1 Å². The average Bonchev–Trinajstić information content (AvgIpc) is 3.15. The van der Waals surface area contributed by atoms with Crippen LogP contribution in [0.3, 0.4) is 0 Å². The lowest BCUT2D eigenvalue weighted by Gasteiger charge is -2.20. The molecule has 0 spiro atoms. The number of furan rings is 1. The van der Waals surface area contributed by atoms with Crippen molar-refractivity contribution in [3.05, 3.63) is 43.4 Å². The van der Waals surface area contributed by atoms with Crippen LogP contribution in [0.5, 0.6) is 0 Å². The lowest BCUT2D eigenvalue weighted by molar-refractivity contribution is -0.129. The topological polar surface area (TPSA) is 83.7 Å². The molecule has 25 heavy (non-hydrogen) atoms. The molecule has 2 aromatic heterocycles. The van der Waals surface area contributed by atoms with Crippen molar-refractivity contribution in [3.63, 3.8) is 0 Å². The van der Waals surface area contributed by atoms with Crippen molar-refractivity contribution in [1.29, 1.82) is 0 Å². The Bertz CT molecular complexity index is 737. The number of nitrogens with one attached hydrogen (secondary N) is 2. The summed E-state index contributed by atoms with van der Waals surface area (Å²) in [4.78, 5) is 25.4. The molecule has 0 unspecified atom stereocenters. The molecule has 9 heteroatoms. The summed E-state index contributed by atoms with van der Waals surface area (Å²) in [5.41, 5.74) is 2.43. The van der Waals surface area contributed by atoms with E-state index in [0.29, 0.717) is 10.4 Å². The van der Waals surface area contributed by atoms with E-state index in [2.05, 4.69) is 47.7 Å². The molecule has 0 aromatic carbocycles. The Morgan fingerprint density at radius 3 is 2.72 bits per heavy atom. The molecular formula is C16H17Br2N3O3S. The van der Waals surface area contributed by atoms with Gasteiger partial charge in [-0.25, -0.2) is 5.43 Å². The number of hydrazone groups is 1. The molecule has 0 fully saturated rings. The molecule has 0 saturated carbocycles. The molecule has 0 aliphatic rings. The van der Waals surface area contributed by atoms with E-state index in [4.69, 9.17) is 4.42 Å². The molecule has 6 nitrogen and oxygen atoms in total. The van der Waals surface area contributed by atoms with Gasteiger partial charge in [0.05, 0.1) is 17.1 Å². The van der Waals surface area contributed by atoms with E-state index >= 15 is 0 Å². The van der Waals surface area contributed by atoms with E-state index in [0.717, 1.165) is 9.35 Å². The average molecular weight is 491 g/mol. The maximum atomic E-state index is 12.3. The third kappa shape index (κ3) is 6.09. The minimum atomic E-state index is -0.667. The Morgan fingerprint density at radius 1 is 1.40 bits per heavy atom. The van der Waals surface area contributed by atoms with E-state index in [1.807, 2.05) is 31.4 Å². The summed E-state index contributed by atoms with van der Waals surface area (Å²) in [5.74, 6) is -0.175. The number of thiophene rings is 1. The van der Waals surface area contributed by atoms with E-state index in [1.54, 1.807) is 6.07 Å². The van der Waals surface area contributed by atoms with Gasteiger partial charge in [-0.1, -0.05) is 19.9 Å². The molecule has 0 aliphatic heterocycles. The standard InChI is InChI=1S/C16H17Br2N3O3S/c1-9(2)14(20-13(22)7-11-4-3-5-25-11)16(23)21-19-8-10-6-12(17)15(18)24-10/h3-6,8-9,14H,7H2,1-2H3,(H,20,22)(H,21,23)/b19-8+/t14-/m1/s1. The number of hydrogen-bond donors (Lipinski definition) is 2. The summed E-state index contributed by atoms with van der Waals surface area (Å²) < 4.78 is 6.62. The van der Waals surface area contributed by atoms with Gasteiger partial charge in [0, 0.05) is 10.9 Å². The summed E-state index contributed by atoms with van der Waals surface area (Å²) in [7, 11) is 0. The molecule has 0 bridgehead atoms. The Kier molecular flexibility index (Phi) is 7.39. The van der Waals surface area contributed by atoms with E-state index in [1.165, 1.54) is 17.6 Å². The van der Waals surface area contributed by atoms with Gasteiger partial charge in [0.1, 0.15) is 11.8 Å². The van der Waals surface area contributed by atoms with Crippen molar-refractivity contribution in [2.45, 2.75) is 26.3 Å². The number of hydrogen-bond acceptors (Lipinski definition) is 5. The molecule has 2 aromatic rings. The molecular weight excluding hydrogens is 474 g/mol. The van der Waals surface area contributed by atoms with Gasteiger partial charge in [-0.15, -0.1) is 11.3 Å². The van der Waals surface area contributed by atoms with Crippen LogP contribution in [0.15, 0.2) is 42.2 Å². The second-order valence-corrected chi connectivity index (χ2v) is 8.16. The van der Waals surface area contributed by atoms with Crippen LogP contribution in [0.4, 0.5) is 0 Å². The molecule has 0 radical (unpaired) electrons. The van der Waals surface area contributed by atoms with Gasteiger partial charge in [-0.05, 0) is 49.2 Å². The molecule has 0 aliphatic carbocycles. The maximum absolute atomic E-state index is 12.3. The maximum Gasteiger partial charge on any atom is 0.262 e. The van der Waals surface area contributed by atoms with Crippen LogP contribution in [0.25, 0.3) is 0 Å². The Balaban J connectivity index is 1.91. The molecule has 134 valence electrons. The summed E-state index contributed by atoms with van der Waals surface area (Å²) >= 11 is 8.02. The number of nitrogens with zero attached hydrogens (tertiary/aromatic N) is 1. The van der Waals surface area contributed by atoms with Crippen molar-refractivity contribution >= 4 is 61.2 Å². The highest BCUT2D eigenvalue weighted by molar-refractivity contribution is 9.13. The Hall–Kier alpha value is -1.45. The van der Waals surface area contributed by atoms with Crippen LogP contribution < -0.4 is 10.7 Å². The van der Waals surface area contributed by atoms with Crippen LogP contribution in [0, 0.1) is 5.92 Å². The van der Waals surface area contributed by atoms with Crippen LogP contribution in [-0.2, 0) is 16.0 Å². The molecule has 2 amide bonds. The molecule has 1 atom stereocenters. The van der Waals surface area contributed by atoms with Crippen molar-refractivity contribution in [3.8, 4) is 0 Å². The predicted octanol–water partition coefficient (Wildman–Crippen LogP) is 3.70. The summed E-state index contributed by atoms with van der Waals surface area (Å²) in [6.45, 7) is 3.72. The molecule has 2 N–H and O–H groups in total. The number of carbonyl (C=O) groups excluding carboxylic acids is 2. The largest absolute Gasteiger partial charge is 0.447 e. The van der Waals surface area contributed by atoms with Crippen molar-refractivity contribution in [1.82, 2.24) is 10.7 Å². The highest BCUT2D eigenvalue weighted by Crippen LogP contribution is 2.25. The number of rotatable bonds is 7. The van der Waals surface area contributed by atoms with Crippen LogP contribution in [0.2, 0.25) is 0 Å². The first-order chi connectivity index (χ1) is 11.9. The van der Waals surface area contributed by atoms with Gasteiger partial charge >= 0.3 is 0 Å². The van der Waals surface area contributed by atoms with E-state index < -0.39 is 6.04 Å². The minimum Gasteiger partial charge on any atom is -0.447 e. The summed E-state index contributed by atoms with van der Waals surface area (Å²) in [6.07, 6.45) is 1.64. The van der Waals surface area contributed by atoms with Gasteiger partial charge < -0.3 is 9.73 Å². The van der Waals surface area contributed by atoms with Gasteiger partial charge in [0.15, 0.2) is 4.67 Å². The molecule has 2 rings (SSSR count). The molecule has 0 saturated heterocycles. The zero-order valence-electron chi connectivity index (χ0n) is 13.6. The molecule has 2 heterocycles. The summed E-state index contributed by atoms with van der Waals surface area (Å²) in [6, 6.07) is 4.82. The Morgan fingerprint density at radius 2 is 2.16 bits per heavy atom. The first-order valence-electron chi connectivity index (χ1n) is 7.46. The fourth-order valence-electron chi connectivity index (χ4n) is 1.99. The fourth-order valence-corrected chi connectivity index (χ4v) is 3.30. The second kappa shape index (κ2) is 9.30. The van der Waals surface area contributed by atoms with Gasteiger partial charge in [-0.2, -0.15) is 5.10 Å². The van der Waals surface area contributed by atoms with Crippen molar-refractivity contribution < 1.29 is 14.0 Å². The summed E-state index contributed by atoms with van der Waals surface area (Å²) in [5, 5.41) is 8.54. The number of carbonyl (C=O) groups is 2. The highest BCUT2D eigenvalue weighted by Gasteiger charge is 2.24. The first-order valence-corrected chi connectivity index (χ1v) is 9.93. The van der Waals surface area contributed by atoms with Crippen molar-refractivity contribution in [2.24, 2.45) is 11.0 Å². The van der Waals surface area contributed by atoms with Crippen molar-refractivity contribution in [2.75, 3.05) is 0 Å². The van der Waals surface area contributed by atoms with Gasteiger partial charge in [-0.3, -0.25) is 9.59 Å². The number of halogens is 2. The normalized spacial score (nSPS) is 12.5. The number of amides is 2. The van der Waals surface area contributed by atoms with Gasteiger partial charge in [0.25, 0.3) is 5.91 Å². The Labute approximate surface area is 166 Å². The fraction of sp³-hybridized carbons (Fsp3) is 0.312. The third-order valence-corrected chi connectivity index (χ3v) is 5.80. The minimum absolute atomic E-state index is 0.0746. The first kappa shape index (κ1) is 19.9. The SMILES string of the molecule is CC(C)[C@@H](NC(=O)Cc1cccs1)C(=O)N/N=C/c1cc(Br)c(Br)o1. The zero-order chi connectivity index (χ0) is 18.4. The lowest BCUT2D eigenvalue weighted by Crippen LogP contribution is -2.49. The van der Waals surface area contributed by atoms with Crippen LogP contribution in [0.1, 0.15) is 24.5 Å².